The number of anilines is 6. The van der Waals surface area contributed by atoms with Gasteiger partial charge in [-0.2, -0.15) is 0 Å². The van der Waals surface area contributed by atoms with E-state index in [0.717, 1.165) is 50.7 Å². The number of hydrogen-bond acceptors (Lipinski definition) is 7. The zero-order valence-corrected chi connectivity index (χ0v) is 47.8. The molecule has 1 N–H and O–H groups in total. The minimum atomic E-state index is -1.19. The van der Waals surface area contributed by atoms with E-state index in [2.05, 4.69) is 229 Å². The number of hydrogen-bond donors (Lipinski definition) is 1. The predicted molar refractivity (Wildman–Crippen MR) is 342 cm³/mol. The summed E-state index contributed by atoms with van der Waals surface area (Å²) >= 11 is 0. The predicted octanol–water partition coefficient (Wildman–Crippen LogP) is 18.9. The van der Waals surface area contributed by atoms with E-state index < -0.39 is 11.0 Å². The SMILES string of the molecule is CC1(C)c2ccccc2N(c2cccnc2)c2ccc(C3(c4ccccc4)c4ccccc4Oc4ccccc43)cc21.CC1(C)c2ccccc2N(c2cccnc2)c2ccccc21.OC1(c2ccccc2)c2ccccc2Oc2ccccc21. The summed E-state index contributed by atoms with van der Waals surface area (Å²) < 4.78 is 12.5. The first kappa shape index (κ1) is 52.7. The van der Waals surface area contributed by atoms with Gasteiger partial charge in [-0.25, -0.2) is 0 Å². The summed E-state index contributed by atoms with van der Waals surface area (Å²) in [5.41, 5.74) is 17.4. The lowest BCUT2D eigenvalue weighted by Crippen LogP contribution is -2.36. The van der Waals surface area contributed by atoms with Gasteiger partial charge < -0.3 is 24.4 Å². The van der Waals surface area contributed by atoms with Crippen molar-refractivity contribution in [2.75, 3.05) is 9.80 Å². The summed E-state index contributed by atoms with van der Waals surface area (Å²) in [6.07, 6.45) is 7.52. The molecule has 0 aliphatic carbocycles. The molecule has 16 rings (SSSR count). The van der Waals surface area contributed by atoms with Crippen molar-refractivity contribution < 1.29 is 14.6 Å². The lowest BCUT2D eigenvalue weighted by molar-refractivity contribution is 0.112. The lowest BCUT2D eigenvalue weighted by Gasteiger charge is -2.45. The van der Waals surface area contributed by atoms with Gasteiger partial charge in [-0.15, -0.1) is 0 Å². The van der Waals surface area contributed by atoms with Crippen molar-refractivity contribution >= 4 is 34.1 Å². The normalized spacial score (nSPS) is 15.2. The summed E-state index contributed by atoms with van der Waals surface area (Å²) in [5.74, 6) is 3.17. The average Bonchev–Trinajstić information content (AvgIpc) is 1.15. The maximum absolute atomic E-state index is 11.6. The largest absolute Gasteiger partial charge is 0.457 e. The number of fused-ring (bicyclic) bond motifs is 8. The Morgan fingerprint density at radius 1 is 0.306 bits per heavy atom. The molecule has 0 spiro atoms. The number of ether oxygens (including phenoxy) is 2. The van der Waals surface area contributed by atoms with E-state index in [1.807, 2.05) is 116 Å². The van der Waals surface area contributed by atoms with E-state index in [0.29, 0.717) is 11.5 Å². The van der Waals surface area contributed by atoms with Crippen LogP contribution in [-0.4, -0.2) is 15.1 Å². The molecule has 6 heterocycles. The van der Waals surface area contributed by atoms with Gasteiger partial charge in [-0.1, -0.05) is 228 Å². The van der Waals surface area contributed by atoms with E-state index in [9.17, 15) is 5.11 Å². The van der Waals surface area contributed by atoms with Crippen LogP contribution in [0.1, 0.15) is 88.9 Å². The van der Waals surface area contributed by atoms with Crippen molar-refractivity contribution in [3.63, 3.8) is 0 Å². The first-order valence-electron chi connectivity index (χ1n) is 29.0. The van der Waals surface area contributed by atoms with Crippen LogP contribution >= 0.6 is 0 Å². The molecule has 12 aromatic rings. The number of nitrogens with zero attached hydrogens (tertiary/aromatic N) is 4. The highest BCUT2D eigenvalue weighted by Gasteiger charge is 2.47. The van der Waals surface area contributed by atoms with Crippen molar-refractivity contribution in [3.05, 3.63) is 359 Å². The van der Waals surface area contributed by atoms with Gasteiger partial charge in [0.25, 0.3) is 0 Å². The van der Waals surface area contributed by atoms with E-state index in [-0.39, 0.29) is 10.8 Å². The fraction of sp³-hybridized carbons (Fsp3) is 0.103. The molecule has 4 aliphatic heterocycles. The molecule has 7 nitrogen and oxygen atoms in total. The summed E-state index contributed by atoms with van der Waals surface area (Å²) in [4.78, 5) is 13.4. The van der Waals surface area contributed by atoms with Crippen LogP contribution < -0.4 is 19.3 Å². The van der Waals surface area contributed by atoms with Gasteiger partial charge in [-0.05, 0) is 112 Å². The Labute approximate surface area is 497 Å². The zero-order chi connectivity index (χ0) is 57.8. The molecule has 7 heteroatoms. The molecule has 2 aromatic heterocycles. The molecule has 85 heavy (non-hydrogen) atoms. The Balaban J connectivity index is 0.000000125. The Morgan fingerprint density at radius 3 is 1.07 bits per heavy atom. The van der Waals surface area contributed by atoms with Crippen LogP contribution in [0.25, 0.3) is 0 Å². The third-order valence-electron chi connectivity index (χ3n) is 17.6. The van der Waals surface area contributed by atoms with E-state index in [4.69, 9.17) is 9.47 Å². The van der Waals surface area contributed by atoms with Gasteiger partial charge in [0, 0.05) is 45.5 Å². The van der Waals surface area contributed by atoms with Crippen LogP contribution in [0.5, 0.6) is 23.0 Å². The monoisotopic (exact) mass is 1100 g/mol. The van der Waals surface area contributed by atoms with Crippen molar-refractivity contribution in [1.29, 1.82) is 0 Å². The minimum absolute atomic E-state index is 0.00804. The van der Waals surface area contributed by atoms with Gasteiger partial charge in [0.05, 0.1) is 51.9 Å². The Morgan fingerprint density at radius 2 is 0.647 bits per heavy atom. The summed E-state index contributed by atoms with van der Waals surface area (Å²) in [5, 5.41) is 11.6. The zero-order valence-electron chi connectivity index (χ0n) is 47.8. The standard InChI is InChI=1S/C39H30N2O.C20H18N2.C19H14O2/c1-38(2)30-16-6-9-19-34(30)41(29-15-12-24-40-26-29)35-23-22-28(25-33(35)38)39(27-13-4-3-5-14-27)31-17-7-10-20-36(31)42-37-21-11-8-18-32(37)39;1-20(2)16-9-3-5-11-18(16)22(15-8-7-13-21-14-15)19-12-6-4-10-17(19)20;20-19(14-8-2-1-3-9-14)15-10-4-6-12-17(15)21-18-13-7-5-11-16(18)19/h3-26H,1-2H3;3-14H,1-2H3;1-13,20H. The van der Waals surface area contributed by atoms with Gasteiger partial charge in [0.15, 0.2) is 0 Å². The Bertz CT molecular complexity index is 4270. The third-order valence-corrected chi connectivity index (χ3v) is 17.6. The molecule has 0 saturated heterocycles. The quantitative estimate of drug-likeness (QED) is 0.184. The van der Waals surface area contributed by atoms with Gasteiger partial charge in [-0.3, -0.25) is 9.97 Å². The fourth-order valence-corrected chi connectivity index (χ4v) is 13.6. The van der Waals surface area contributed by atoms with Crippen molar-refractivity contribution in [2.24, 2.45) is 0 Å². The summed E-state index contributed by atoms with van der Waals surface area (Å²) in [7, 11) is 0. The van der Waals surface area contributed by atoms with Gasteiger partial charge in [0.2, 0.25) is 0 Å². The van der Waals surface area contributed by atoms with Crippen LogP contribution in [0.3, 0.4) is 0 Å². The highest BCUT2D eigenvalue weighted by atomic mass is 16.5. The topological polar surface area (TPSA) is 71.0 Å². The molecule has 0 unspecified atom stereocenters. The number of aromatic nitrogens is 2. The maximum Gasteiger partial charge on any atom is 0.147 e. The molecule has 412 valence electrons. The lowest BCUT2D eigenvalue weighted by atomic mass is 9.62. The molecule has 0 atom stereocenters. The molecule has 0 fully saturated rings. The first-order valence-corrected chi connectivity index (χ1v) is 29.0. The third kappa shape index (κ3) is 8.61. The van der Waals surface area contributed by atoms with Crippen LogP contribution in [0.2, 0.25) is 0 Å². The van der Waals surface area contributed by atoms with Crippen LogP contribution in [0.15, 0.2) is 298 Å². The number of rotatable bonds is 5. The molecule has 10 aromatic carbocycles. The average molecular weight is 1100 g/mol. The van der Waals surface area contributed by atoms with E-state index in [1.165, 1.54) is 56.1 Å². The van der Waals surface area contributed by atoms with Crippen LogP contribution in [-0.2, 0) is 21.8 Å². The minimum Gasteiger partial charge on any atom is -0.457 e. The number of benzene rings is 10. The fourth-order valence-electron chi connectivity index (χ4n) is 13.6. The van der Waals surface area contributed by atoms with Crippen molar-refractivity contribution in [2.45, 2.75) is 49.5 Å². The summed E-state index contributed by atoms with van der Waals surface area (Å²) in [6, 6.07) is 94.2. The second kappa shape index (κ2) is 21.1. The number of aliphatic hydroxyl groups is 1. The first-order chi connectivity index (χ1) is 41.6. The molecular formula is C78H62N4O3. The number of pyridine rings is 2. The van der Waals surface area contributed by atoms with Crippen molar-refractivity contribution in [3.8, 4) is 23.0 Å². The highest BCUT2D eigenvalue weighted by Crippen LogP contribution is 2.59. The van der Waals surface area contributed by atoms with Crippen molar-refractivity contribution in [1.82, 2.24) is 9.97 Å². The second-order valence-electron chi connectivity index (χ2n) is 23.0. The molecular weight excluding hydrogens is 1040 g/mol. The van der Waals surface area contributed by atoms with Crippen LogP contribution in [0, 0.1) is 0 Å². The van der Waals surface area contributed by atoms with Crippen LogP contribution in [0.4, 0.5) is 34.1 Å². The smallest absolute Gasteiger partial charge is 0.147 e. The molecule has 0 saturated carbocycles. The van der Waals surface area contributed by atoms with E-state index in [1.54, 1.807) is 0 Å². The van der Waals surface area contributed by atoms with Gasteiger partial charge >= 0.3 is 0 Å². The Hall–Kier alpha value is -10.3. The Kier molecular flexibility index (Phi) is 13.1. The molecule has 0 bridgehead atoms. The van der Waals surface area contributed by atoms with E-state index >= 15 is 0 Å². The molecule has 0 amide bonds. The molecule has 0 radical (unpaired) electrons. The summed E-state index contributed by atoms with van der Waals surface area (Å²) in [6.45, 7) is 9.28. The highest BCUT2D eigenvalue weighted by molar-refractivity contribution is 5.87. The number of para-hydroxylation sites is 7. The maximum atomic E-state index is 11.6. The molecule has 4 aliphatic rings. The van der Waals surface area contributed by atoms with Gasteiger partial charge in [0.1, 0.15) is 28.6 Å². The second-order valence-corrected chi connectivity index (χ2v) is 23.0.